The Kier molecular flexibility index (Phi) is 8.22. The van der Waals surface area contributed by atoms with Crippen LogP contribution in [0, 0.1) is 16.0 Å². The highest BCUT2D eigenvalue weighted by Gasteiger charge is 2.19. The number of nitro benzene ring substituents is 1. The fourth-order valence-electron chi connectivity index (χ4n) is 3.20. The number of piperidine rings is 1. The lowest BCUT2D eigenvalue weighted by Gasteiger charge is -2.22. The third-order valence-corrected chi connectivity index (χ3v) is 4.73. The summed E-state index contributed by atoms with van der Waals surface area (Å²) in [7, 11) is 0. The molecule has 1 heterocycles. The number of nitrogens with zero attached hydrogens (tertiary/aromatic N) is 1. The van der Waals surface area contributed by atoms with Crippen LogP contribution in [0.25, 0.3) is 0 Å². The maximum atomic E-state index is 12.4. The highest BCUT2D eigenvalue weighted by Crippen LogP contribution is 2.26. The summed E-state index contributed by atoms with van der Waals surface area (Å²) in [6.45, 7) is 2.96. The van der Waals surface area contributed by atoms with E-state index >= 15 is 0 Å². The van der Waals surface area contributed by atoms with Gasteiger partial charge in [-0.05, 0) is 49.5 Å². The van der Waals surface area contributed by atoms with Crippen molar-refractivity contribution >= 4 is 29.7 Å². The quantitative estimate of drug-likeness (QED) is 0.485. The van der Waals surface area contributed by atoms with Gasteiger partial charge in [0, 0.05) is 24.7 Å². The SMILES string of the molecule is Cl.O=C(NCC1CCCNC1)c1ccc(NCc2ccccc2)c([N+](=O)[O-])c1. The summed E-state index contributed by atoms with van der Waals surface area (Å²) in [6, 6.07) is 14.2. The van der Waals surface area contributed by atoms with Gasteiger partial charge in [0.15, 0.2) is 0 Å². The number of halogens is 1. The van der Waals surface area contributed by atoms with Crippen LogP contribution >= 0.6 is 12.4 Å². The van der Waals surface area contributed by atoms with Crippen molar-refractivity contribution in [2.24, 2.45) is 5.92 Å². The van der Waals surface area contributed by atoms with Crippen molar-refractivity contribution in [2.45, 2.75) is 19.4 Å². The lowest BCUT2D eigenvalue weighted by Crippen LogP contribution is -2.38. The topological polar surface area (TPSA) is 96.3 Å². The zero-order valence-corrected chi connectivity index (χ0v) is 16.3. The molecule has 2 aromatic rings. The molecule has 1 amide bonds. The summed E-state index contributed by atoms with van der Waals surface area (Å²) in [6.07, 6.45) is 2.18. The molecule has 28 heavy (non-hydrogen) atoms. The standard InChI is InChI=1S/C20H24N4O3.ClH/c25-20(23-14-16-7-4-10-21-12-16)17-8-9-18(19(11-17)24(26)27)22-13-15-5-2-1-3-6-15;/h1-3,5-6,8-9,11,16,21-22H,4,7,10,12-14H2,(H,23,25);1H. The average Bonchev–Trinajstić information content (AvgIpc) is 2.72. The Morgan fingerprint density at radius 1 is 1.21 bits per heavy atom. The highest BCUT2D eigenvalue weighted by molar-refractivity contribution is 5.95. The summed E-state index contributed by atoms with van der Waals surface area (Å²) in [5.74, 6) is 0.128. The van der Waals surface area contributed by atoms with Crippen molar-refractivity contribution < 1.29 is 9.72 Å². The minimum Gasteiger partial charge on any atom is -0.375 e. The number of hydrogen-bond acceptors (Lipinski definition) is 5. The Bertz CT molecular complexity index is 795. The minimum atomic E-state index is -0.463. The van der Waals surface area contributed by atoms with E-state index in [1.807, 2.05) is 30.3 Å². The molecule has 1 saturated heterocycles. The first kappa shape index (κ1) is 21.7. The molecule has 1 unspecified atom stereocenters. The average molecular weight is 405 g/mol. The van der Waals surface area contributed by atoms with Gasteiger partial charge in [-0.15, -0.1) is 12.4 Å². The highest BCUT2D eigenvalue weighted by atomic mass is 35.5. The summed E-state index contributed by atoms with van der Waals surface area (Å²) in [5, 5.41) is 20.7. The fourth-order valence-corrected chi connectivity index (χ4v) is 3.20. The van der Waals surface area contributed by atoms with E-state index in [-0.39, 0.29) is 24.0 Å². The smallest absolute Gasteiger partial charge is 0.293 e. The van der Waals surface area contributed by atoms with E-state index in [9.17, 15) is 14.9 Å². The van der Waals surface area contributed by atoms with Gasteiger partial charge in [0.2, 0.25) is 0 Å². The second-order valence-electron chi connectivity index (χ2n) is 6.75. The van der Waals surface area contributed by atoms with Gasteiger partial charge in [0.1, 0.15) is 5.69 Å². The molecule has 8 heteroatoms. The molecule has 0 aromatic heterocycles. The second kappa shape index (κ2) is 10.6. The Labute approximate surface area is 170 Å². The number of carbonyl (C=O) groups is 1. The predicted octanol–water partition coefficient (Wildman–Crippen LogP) is 3.36. The molecular weight excluding hydrogens is 380 g/mol. The number of benzene rings is 2. The molecule has 0 bridgehead atoms. The van der Waals surface area contributed by atoms with Crippen LogP contribution in [-0.2, 0) is 6.54 Å². The molecular formula is C20H25ClN4O3. The van der Waals surface area contributed by atoms with Crippen molar-refractivity contribution in [3.63, 3.8) is 0 Å². The minimum absolute atomic E-state index is 0. The van der Waals surface area contributed by atoms with Crippen LogP contribution in [0.4, 0.5) is 11.4 Å². The molecule has 0 radical (unpaired) electrons. The van der Waals surface area contributed by atoms with Crippen molar-refractivity contribution in [3.05, 3.63) is 69.8 Å². The number of nitro groups is 1. The Morgan fingerprint density at radius 2 is 2.00 bits per heavy atom. The van der Waals surface area contributed by atoms with Crippen molar-refractivity contribution in [1.29, 1.82) is 0 Å². The van der Waals surface area contributed by atoms with Crippen molar-refractivity contribution in [2.75, 3.05) is 25.0 Å². The van der Waals surface area contributed by atoms with Gasteiger partial charge in [0.25, 0.3) is 11.6 Å². The van der Waals surface area contributed by atoms with E-state index in [2.05, 4.69) is 16.0 Å². The second-order valence-corrected chi connectivity index (χ2v) is 6.75. The van der Waals surface area contributed by atoms with Crippen LogP contribution in [0.15, 0.2) is 48.5 Å². The Hall–Kier alpha value is -2.64. The van der Waals surface area contributed by atoms with Gasteiger partial charge in [-0.2, -0.15) is 0 Å². The molecule has 1 fully saturated rings. The monoisotopic (exact) mass is 404 g/mol. The first-order chi connectivity index (χ1) is 13.1. The number of anilines is 1. The first-order valence-electron chi connectivity index (χ1n) is 9.18. The van der Waals surface area contributed by atoms with Crippen LogP contribution < -0.4 is 16.0 Å². The Balaban J connectivity index is 0.00000280. The van der Waals surface area contributed by atoms with Crippen molar-refractivity contribution in [1.82, 2.24) is 10.6 Å². The van der Waals surface area contributed by atoms with Crippen molar-refractivity contribution in [3.8, 4) is 0 Å². The van der Waals surface area contributed by atoms with Gasteiger partial charge >= 0.3 is 0 Å². The zero-order chi connectivity index (χ0) is 19.1. The Morgan fingerprint density at radius 3 is 2.68 bits per heavy atom. The molecule has 1 aliphatic heterocycles. The van der Waals surface area contributed by atoms with Gasteiger partial charge in [-0.1, -0.05) is 30.3 Å². The molecule has 0 spiro atoms. The molecule has 3 rings (SSSR count). The molecule has 1 aliphatic rings. The predicted molar refractivity (Wildman–Crippen MR) is 112 cm³/mol. The number of hydrogen-bond donors (Lipinski definition) is 3. The fraction of sp³-hybridized carbons (Fsp3) is 0.350. The van der Waals surface area contributed by atoms with Gasteiger partial charge in [0.05, 0.1) is 4.92 Å². The largest absolute Gasteiger partial charge is 0.375 e. The lowest BCUT2D eigenvalue weighted by atomic mass is 9.99. The van der Waals surface area contributed by atoms with E-state index in [0.29, 0.717) is 30.3 Å². The molecule has 150 valence electrons. The molecule has 3 N–H and O–H groups in total. The van der Waals surface area contributed by atoms with E-state index in [0.717, 1.165) is 31.5 Å². The van der Waals surface area contributed by atoms with Gasteiger partial charge < -0.3 is 16.0 Å². The van der Waals surface area contributed by atoms with Crippen LogP contribution in [0.3, 0.4) is 0 Å². The molecule has 2 aromatic carbocycles. The van der Waals surface area contributed by atoms with E-state index in [1.165, 1.54) is 6.07 Å². The number of nitrogens with one attached hydrogen (secondary N) is 3. The van der Waals surface area contributed by atoms with Gasteiger partial charge in [-0.25, -0.2) is 0 Å². The summed E-state index contributed by atoms with van der Waals surface area (Å²) in [4.78, 5) is 23.4. The zero-order valence-electron chi connectivity index (χ0n) is 15.5. The summed E-state index contributed by atoms with van der Waals surface area (Å²) >= 11 is 0. The molecule has 1 atom stereocenters. The third kappa shape index (κ3) is 5.94. The molecule has 0 saturated carbocycles. The maximum absolute atomic E-state index is 12.4. The van der Waals surface area contributed by atoms with Crippen LogP contribution in [0.5, 0.6) is 0 Å². The number of amides is 1. The van der Waals surface area contributed by atoms with Crippen LogP contribution in [0.2, 0.25) is 0 Å². The van der Waals surface area contributed by atoms with E-state index in [4.69, 9.17) is 0 Å². The van der Waals surface area contributed by atoms with E-state index in [1.54, 1.807) is 12.1 Å². The summed E-state index contributed by atoms with van der Waals surface area (Å²) < 4.78 is 0. The maximum Gasteiger partial charge on any atom is 0.293 e. The number of rotatable bonds is 7. The molecule has 7 nitrogen and oxygen atoms in total. The molecule has 0 aliphatic carbocycles. The van der Waals surface area contributed by atoms with E-state index < -0.39 is 4.92 Å². The van der Waals surface area contributed by atoms with Crippen LogP contribution in [0.1, 0.15) is 28.8 Å². The van der Waals surface area contributed by atoms with Gasteiger partial charge in [-0.3, -0.25) is 14.9 Å². The summed E-state index contributed by atoms with van der Waals surface area (Å²) in [5.41, 5.74) is 1.63. The first-order valence-corrected chi connectivity index (χ1v) is 9.18. The lowest BCUT2D eigenvalue weighted by molar-refractivity contribution is -0.384. The number of carbonyl (C=O) groups excluding carboxylic acids is 1. The third-order valence-electron chi connectivity index (χ3n) is 4.73. The van der Waals surface area contributed by atoms with Crippen LogP contribution in [-0.4, -0.2) is 30.5 Å². The normalized spacial score (nSPS) is 15.9.